The lowest BCUT2D eigenvalue weighted by Gasteiger charge is -2.40. The Bertz CT molecular complexity index is 424. The molecule has 18 heavy (non-hydrogen) atoms. The van der Waals surface area contributed by atoms with Crippen LogP contribution < -0.4 is 5.32 Å². The summed E-state index contributed by atoms with van der Waals surface area (Å²) in [4.78, 5) is 12.0. The Labute approximate surface area is 112 Å². The van der Waals surface area contributed by atoms with E-state index in [4.69, 9.17) is 16.3 Å². The lowest BCUT2D eigenvalue weighted by atomic mass is 9.80. The third-order valence-electron chi connectivity index (χ3n) is 3.61. The van der Waals surface area contributed by atoms with E-state index in [1.165, 1.54) is 6.42 Å². The third-order valence-corrected chi connectivity index (χ3v) is 3.92. The normalized spacial score (nSPS) is 17.0. The van der Waals surface area contributed by atoms with Crippen LogP contribution in [0.2, 0.25) is 0 Å². The Morgan fingerprint density at radius 1 is 1.50 bits per heavy atom. The van der Waals surface area contributed by atoms with Crippen LogP contribution in [0.25, 0.3) is 0 Å². The molecule has 1 aromatic rings. The van der Waals surface area contributed by atoms with Crippen LogP contribution >= 0.6 is 11.6 Å². The summed E-state index contributed by atoms with van der Waals surface area (Å²) in [6, 6.07) is 7.38. The van der Waals surface area contributed by atoms with Crippen LogP contribution in [0.4, 0.5) is 0 Å². The summed E-state index contributed by atoms with van der Waals surface area (Å²) >= 11 is 5.76. The van der Waals surface area contributed by atoms with E-state index in [-0.39, 0.29) is 11.5 Å². The zero-order valence-electron chi connectivity index (χ0n) is 10.5. The van der Waals surface area contributed by atoms with Crippen LogP contribution in [0.1, 0.15) is 35.2 Å². The van der Waals surface area contributed by atoms with Crippen molar-refractivity contribution in [3.05, 3.63) is 35.4 Å². The Balaban J connectivity index is 1.95. The Morgan fingerprint density at radius 2 is 2.28 bits per heavy atom. The highest BCUT2D eigenvalue weighted by molar-refractivity contribution is 6.17. The number of alkyl halides is 1. The van der Waals surface area contributed by atoms with E-state index < -0.39 is 0 Å². The molecule has 0 atom stereocenters. The molecule has 0 heterocycles. The average Bonchev–Trinajstić information content (AvgIpc) is 2.38. The number of hydrogen-bond donors (Lipinski definition) is 1. The van der Waals surface area contributed by atoms with E-state index in [0.717, 1.165) is 18.4 Å². The second-order valence-corrected chi connectivity index (χ2v) is 5.02. The zero-order valence-corrected chi connectivity index (χ0v) is 11.3. The molecule has 98 valence electrons. The van der Waals surface area contributed by atoms with E-state index >= 15 is 0 Å². The maximum atomic E-state index is 12.0. The number of methoxy groups -OCH3 is 1. The molecule has 0 aliphatic heterocycles. The molecule has 0 saturated heterocycles. The van der Waals surface area contributed by atoms with Gasteiger partial charge in [0.15, 0.2) is 0 Å². The maximum absolute atomic E-state index is 12.0. The molecule has 1 fully saturated rings. The first-order valence-corrected chi connectivity index (χ1v) is 6.71. The summed E-state index contributed by atoms with van der Waals surface area (Å²) in [5, 5.41) is 2.94. The molecule has 2 rings (SSSR count). The zero-order chi connectivity index (χ0) is 13.0. The van der Waals surface area contributed by atoms with Crippen molar-refractivity contribution in [3.8, 4) is 0 Å². The number of hydrogen-bond acceptors (Lipinski definition) is 2. The fourth-order valence-electron chi connectivity index (χ4n) is 2.16. The van der Waals surface area contributed by atoms with Gasteiger partial charge < -0.3 is 10.1 Å². The number of carbonyl (C=O) groups excluding carboxylic acids is 1. The maximum Gasteiger partial charge on any atom is 0.251 e. The SMILES string of the molecule is COC1(CNC(=O)c2cccc(CCl)c2)CCC1. The van der Waals surface area contributed by atoms with Crippen LogP contribution in [0.15, 0.2) is 24.3 Å². The first kappa shape index (κ1) is 13.4. The van der Waals surface area contributed by atoms with Crippen LogP contribution in [0, 0.1) is 0 Å². The van der Waals surface area contributed by atoms with Gasteiger partial charge in [-0.2, -0.15) is 0 Å². The molecule has 1 amide bonds. The molecule has 0 spiro atoms. The van der Waals surface area contributed by atoms with Gasteiger partial charge in [0.1, 0.15) is 0 Å². The second-order valence-electron chi connectivity index (χ2n) is 4.76. The summed E-state index contributed by atoms with van der Waals surface area (Å²) in [6.45, 7) is 0.577. The Kier molecular flexibility index (Phi) is 4.25. The first-order chi connectivity index (χ1) is 8.69. The number of amides is 1. The van der Waals surface area contributed by atoms with Crippen molar-refractivity contribution in [3.63, 3.8) is 0 Å². The smallest absolute Gasteiger partial charge is 0.251 e. The number of benzene rings is 1. The Morgan fingerprint density at radius 3 is 2.83 bits per heavy atom. The number of nitrogens with one attached hydrogen (secondary N) is 1. The summed E-state index contributed by atoms with van der Waals surface area (Å²) in [6.07, 6.45) is 3.21. The quantitative estimate of drug-likeness (QED) is 0.833. The van der Waals surface area contributed by atoms with E-state index in [1.54, 1.807) is 13.2 Å². The second kappa shape index (κ2) is 5.72. The lowest BCUT2D eigenvalue weighted by Crippen LogP contribution is -2.49. The number of halogens is 1. The molecule has 0 unspecified atom stereocenters. The number of carbonyl (C=O) groups is 1. The van der Waals surface area contributed by atoms with E-state index in [2.05, 4.69) is 5.32 Å². The van der Waals surface area contributed by atoms with Gasteiger partial charge >= 0.3 is 0 Å². The summed E-state index contributed by atoms with van der Waals surface area (Å²) in [5.74, 6) is 0.355. The highest BCUT2D eigenvalue weighted by Gasteiger charge is 2.37. The molecular weight excluding hydrogens is 250 g/mol. The topological polar surface area (TPSA) is 38.3 Å². The number of rotatable bonds is 5. The van der Waals surface area contributed by atoms with Crippen LogP contribution in [0.5, 0.6) is 0 Å². The average molecular weight is 268 g/mol. The van der Waals surface area contributed by atoms with Crippen molar-refractivity contribution in [1.82, 2.24) is 5.32 Å². The van der Waals surface area contributed by atoms with Gasteiger partial charge in [0.2, 0.25) is 0 Å². The van der Waals surface area contributed by atoms with Crippen molar-refractivity contribution in [1.29, 1.82) is 0 Å². The van der Waals surface area contributed by atoms with Gasteiger partial charge in [-0.15, -0.1) is 11.6 Å². The monoisotopic (exact) mass is 267 g/mol. The molecule has 4 heteroatoms. The highest BCUT2D eigenvalue weighted by atomic mass is 35.5. The van der Waals surface area contributed by atoms with Crippen LogP contribution in [-0.4, -0.2) is 25.2 Å². The standard InChI is InChI=1S/C14H18ClNO2/c1-18-14(6-3-7-14)10-16-13(17)12-5-2-4-11(8-12)9-15/h2,4-5,8H,3,6-7,9-10H2,1H3,(H,16,17). The third kappa shape index (κ3) is 2.85. The molecule has 1 aromatic carbocycles. The van der Waals surface area contributed by atoms with Crippen LogP contribution in [-0.2, 0) is 10.6 Å². The molecule has 3 nitrogen and oxygen atoms in total. The molecular formula is C14H18ClNO2. The van der Waals surface area contributed by atoms with Gasteiger partial charge in [0.05, 0.1) is 5.60 Å². The van der Waals surface area contributed by atoms with Gasteiger partial charge in [0, 0.05) is 25.1 Å². The largest absolute Gasteiger partial charge is 0.376 e. The predicted octanol–water partition coefficient (Wildman–Crippen LogP) is 2.72. The Hall–Kier alpha value is -1.06. The van der Waals surface area contributed by atoms with Crippen molar-refractivity contribution >= 4 is 17.5 Å². The molecule has 0 bridgehead atoms. The predicted molar refractivity (Wildman–Crippen MR) is 71.9 cm³/mol. The minimum Gasteiger partial charge on any atom is -0.376 e. The van der Waals surface area contributed by atoms with E-state index in [1.807, 2.05) is 18.2 Å². The minimum absolute atomic E-state index is 0.0645. The highest BCUT2D eigenvalue weighted by Crippen LogP contribution is 2.34. The van der Waals surface area contributed by atoms with E-state index in [0.29, 0.717) is 18.0 Å². The fraction of sp³-hybridized carbons (Fsp3) is 0.500. The van der Waals surface area contributed by atoms with Gasteiger partial charge in [-0.05, 0) is 37.0 Å². The van der Waals surface area contributed by atoms with Crippen LogP contribution in [0.3, 0.4) is 0 Å². The summed E-state index contributed by atoms with van der Waals surface area (Å²) in [7, 11) is 1.71. The van der Waals surface area contributed by atoms with Gasteiger partial charge in [0.25, 0.3) is 5.91 Å². The van der Waals surface area contributed by atoms with Gasteiger partial charge in [-0.3, -0.25) is 4.79 Å². The summed E-state index contributed by atoms with van der Waals surface area (Å²) < 4.78 is 5.47. The molecule has 1 saturated carbocycles. The lowest BCUT2D eigenvalue weighted by molar-refractivity contribution is -0.0679. The van der Waals surface area contributed by atoms with Crippen molar-refractivity contribution in [2.45, 2.75) is 30.7 Å². The molecule has 1 N–H and O–H groups in total. The van der Waals surface area contributed by atoms with Crippen molar-refractivity contribution < 1.29 is 9.53 Å². The first-order valence-electron chi connectivity index (χ1n) is 6.17. The van der Waals surface area contributed by atoms with Gasteiger partial charge in [-0.1, -0.05) is 12.1 Å². The minimum atomic E-state index is -0.139. The summed E-state index contributed by atoms with van der Waals surface area (Å²) in [5.41, 5.74) is 1.47. The molecule has 0 radical (unpaired) electrons. The number of ether oxygens (including phenoxy) is 1. The van der Waals surface area contributed by atoms with Gasteiger partial charge in [-0.25, -0.2) is 0 Å². The van der Waals surface area contributed by atoms with E-state index in [9.17, 15) is 4.79 Å². The van der Waals surface area contributed by atoms with Crippen molar-refractivity contribution in [2.75, 3.05) is 13.7 Å². The molecule has 1 aliphatic carbocycles. The molecule has 0 aromatic heterocycles. The van der Waals surface area contributed by atoms with Crippen molar-refractivity contribution in [2.24, 2.45) is 0 Å². The molecule has 1 aliphatic rings. The fourth-order valence-corrected chi connectivity index (χ4v) is 2.33.